The first-order chi connectivity index (χ1) is 9.65. The lowest BCUT2D eigenvalue weighted by Crippen LogP contribution is -2.00. The molecule has 0 fully saturated rings. The molecular formula is C16H12FNO2. The Kier molecular flexibility index (Phi) is 2.99. The van der Waals surface area contributed by atoms with Gasteiger partial charge in [0.05, 0.1) is 5.56 Å². The molecule has 0 saturated heterocycles. The maximum Gasteiger partial charge on any atom is 0.336 e. The molecule has 3 aromatic rings. The van der Waals surface area contributed by atoms with E-state index in [-0.39, 0.29) is 5.82 Å². The molecule has 0 aliphatic rings. The van der Waals surface area contributed by atoms with Crippen LogP contribution in [-0.2, 0) is 6.54 Å². The highest BCUT2D eigenvalue weighted by Crippen LogP contribution is 2.21. The highest BCUT2D eigenvalue weighted by molar-refractivity contribution is 6.02. The van der Waals surface area contributed by atoms with E-state index in [1.165, 1.54) is 12.1 Å². The van der Waals surface area contributed by atoms with E-state index in [1.54, 1.807) is 30.3 Å². The number of halogens is 1. The number of carboxylic acids is 1. The molecule has 1 N–H and O–H groups in total. The molecule has 20 heavy (non-hydrogen) atoms. The van der Waals surface area contributed by atoms with Crippen LogP contribution in [0.15, 0.2) is 54.7 Å². The van der Waals surface area contributed by atoms with E-state index in [9.17, 15) is 9.18 Å². The summed E-state index contributed by atoms with van der Waals surface area (Å²) in [4.78, 5) is 11.2. The monoisotopic (exact) mass is 269 g/mol. The van der Waals surface area contributed by atoms with Crippen LogP contribution < -0.4 is 0 Å². The highest BCUT2D eigenvalue weighted by Gasteiger charge is 2.10. The van der Waals surface area contributed by atoms with Gasteiger partial charge >= 0.3 is 5.97 Å². The fourth-order valence-electron chi connectivity index (χ4n) is 2.33. The van der Waals surface area contributed by atoms with Gasteiger partial charge in [-0.3, -0.25) is 0 Å². The second-order valence-corrected chi connectivity index (χ2v) is 4.61. The molecule has 3 nitrogen and oxygen atoms in total. The summed E-state index contributed by atoms with van der Waals surface area (Å²) in [5, 5.41) is 9.87. The van der Waals surface area contributed by atoms with Gasteiger partial charge < -0.3 is 9.67 Å². The lowest BCUT2D eigenvalue weighted by Gasteiger charge is -2.06. The number of aromatic nitrogens is 1. The molecule has 0 amide bonds. The van der Waals surface area contributed by atoms with Crippen LogP contribution in [0.5, 0.6) is 0 Å². The molecule has 0 atom stereocenters. The lowest BCUT2D eigenvalue weighted by molar-refractivity contribution is 0.0699. The first-order valence-corrected chi connectivity index (χ1v) is 6.21. The van der Waals surface area contributed by atoms with Crippen molar-refractivity contribution in [3.8, 4) is 0 Å². The van der Waals surface area contributed by atoms with Crippen LogP contribution in [0.2, 0.25) is 0 Å². The van der Waals surface area contributed by atoms with E-state index >= 15 is 0 Å². The quantitative estimate of drug-likeness (QED) is 0.790. The second kappa shape index (κ2) is 4.81. The minimum Gasteiger partial charge on any atom is -0.478 e. The first kappa shape index (κ1) is 12.4. The molecule has 4 heteroatoms. The van der Waals surface area contributed by atoms with E-state index < -0.39 is 5.97 Å². The van der Waals surface area contributed by atoms with Gasteiger partial charge in [0, 0.05) is 23.6 Å². The Labute approximate surface area is 114 Å². The zero-order valence-corrected chi connectivity index (χ0v) is 10.6. The lowest BCUT2D eigenvalue weighted by atomic mass is 10.1. The summed E-state index contributed by atoms with van der Waals surface area (Å²) in [6.45, 7) is 0.576. The fourth-order valence-corrected chi connectivity index (χ4v) is 2.33. The van der Waals surface area contributed by atoms with Crippen molar-refractivity contribution in [3.63, 3.8) is 0 Å². The van der Waals surface area contributed by atoms with Gasteiger partial charge in [-0.05, 0) is 35.9 Å². The number of aromatic carboxylic acids is 1. The van der Waals surface area contributed by atoms with Crippen molar-refractivity contribution in [1.82, 2.24) is 4.57 Å². The van der Waals surface area contributed by atoms with Crippen molar-refractivity contribution in [3.05, 3.63) is 71.7 Å². The van der Waals surface area contributed by atoms with Crippen LogP contribution >= 0.6 is 0 Å². The number of carboxylic acid groups (broad SMARTS) is 1. The maximum absolute atomic E-state index is 12.9. The Bertz CT molecular complexity index is 775. The largest absolute Gasteiger partial charge is 0.478 e. The first-order valence-electron chi connectivity index (χ1n) is 6.21. The minimum absolute atomic E-state index is 0.265. The molecule has 0 aliphatic heterocycles. The van der Waals surface area contributed by atoms with Crippen LogP contribution in [-0.4, -0.2) is 15.6 Å². The van der Waals surface area contributed by atoms with E-state index in [4.69, 9.17) is 5.11 Å². The average Bonchev–Trinajstić information content (AvgIpc) is 2.84. The van der Waals surface area contributed by atoms with E-state index in [0.29, 0.717) is 17.5 Å². The van der Waals surface area contributed by atoms with Crippen LogP contribution in [0.3, 0.4) is 0 Å². The summed E-state index contributed by atoms with van der Waals surface area (Å²) in [5.41, 5.74) is 2.11. The molecule has 0 aliphatic carbocycles. The van der Waals surface area contributed by atoms with Crippen molar-refractivity contribution < 1.29 is 14.3 Å². The number of carbonyl (C=O) groups is 1. The number of fused-ring (bicyclic) bond motifs is 1. The summed E-state index contributed by atoms with van der Waals surface area (Å²) < 4.78 is 14.8. The average molecular weight is 269 g/mol. The fraction of sp³-hybridized carbons (Fsp3) is 0.0625. The summed E-state index contributed by atoms with van der Waals surface area (Å²) in [7, 11) is 0. The van der Waals surface area contributed by atoms with E-state index in [0.717, 1.165) is 11.1 Å². The smallest absolute Gasteiger partial charge is 0.336 e. The molecule has 2 aromatic carbocycles. The van der Waals surface area contributed by atoms with Crippen LogP contribution in [0.1, 0.15) is 15.9 Å². The molecule has 0 unspecified atom stereocenters. The minimum atomic E-state index is -0.935. The SMILES string of the molecule is O=C(O)c1cccc2c1ccn2Cc1ccc(F)cc1. The van der Waals surface area contributed by atoms with Gasteiger partial charge in [0.25, 0.3) is 0 Å². The van der Waals surface area contributed by atoms with E-state index in [2.05, 4.69) is 0 Å². The third-order valence-electron chi connectivity index (χ3n) is 3.31. The number of benzene rings is 2. The van der Waals surface area contributed by atoms with Crippen molar-refractivity contribution in [2.24, 2.45) is 0 Å². The summed E-state index contributed by atoms with van der Waals surface area (Å²) in [6.07, 6.45) is 1.85. The summed E-state index contributed by atoms with van der Waals surface area (Å²) >= 11 is 0. The highest BCUT2D eigenvalue weighted by atomic mass is 19.1. The van der Waals surface area contributed by atoms with E-state index in [1.807, 2.05) is 16.8 Å². The maximum atomic E-state index is 12.9. The van der Waals surface area contributed by atoms with Gasteiger partial charge in [0.15, 0.2) is 0 Å². The molecule has 3 rings (SSSR count). The predicted octanol–water partition coefficient (Wildman–Crippen LogP) is 3.53. The Morgan fingerprint density at radius 1 is 1.10 bits per heavy atom. The van der Waals surface area contributed by atoms with Gasteiger partial charge in [-0.15, -0.1) is 0 Å². The zero-order valence-electron chi connectivity index (χ0n) is 10.6. The molecule has 0 spiro atoms. The van der Waals surface area contributed by atoms with Gasteiger partial charge in [0.2, 0.25) is 0 Å². The number of hydrogen-bond acceptors (Lipinski definition) is 1. The third kappa shape index (κ3) is 2.16. The Morgan fingerprint density at radius 2 is 1.85 bits per heavy atom. The predicted molar refractivity (Wildman–Crippen MR) is 74.4 cm³/mol. The van der Waals surface area contributed by atoms with Crippen molar-refractivity contribution in [1.29, 1.82) is 0 Å². The van der Waals surface area contributed by atoms with Crippen molar-refractivity contribution in [2.45, 2.75) is 6.54 Å². The molecular weight excluding hydrogens is 257 g/mol. The molecule has 100 valence electrons. The van der Waals surface area contributed by atoms with Crippen molar-refractivity contribution in [2.75, 3.05) is 0 Å². The van der Waals surface area contributed by atoms with Crippen molar-refractivity contribution >= 4 is 16.9 Å². The van der Waals surface area contributed by atoms with Crippen LogP contribution in [0, 0.1) is 5.82 Å². The Balaban J connectivity index is 2.03. The Morgan fingerprint density at radius 3 is 2.55 bits per heavy atom. The van der Waals surface area contributed by atoms with Crippen LogP contribution in [0.25, 0.3) is 10.9 Å². The van der Waals surface area contributed by atoms with Gasteiger partial charge in [-0.25, -0.2) is 9.18 Å². The van der Waals surface area contributed by atoms with Gasteiger partial charge in [-0.1, -0.05) is 18.2 Å². The topological polar surface area (TPSA) is 42.2 Å². The molecule has 0 saturated carbocycles. The van der Waals surface area contributed by atoms with Gasteiger partial charge in [0.1, 0.15) is 5.82 Å². The zero-order chi connectivity index (χ0) is 14.1. The number of nitrogens with zero attached hydrogens (tertiary/aromatic N) is 1. The number of hydrogen-bond donors (Lipinski definition) is 1. The molecule has 0 radical (unpaired) electrons. The normalized spacial score (nSPS) is 10.8. The van der Waals surface area contributed by atoms with Gasteiger partial charge in [-0.2, -0.15) is 0 Å². The standard InChI is InChI=1S/C16H12FNO2/c17-12-6-4-11(5-7-12)10-18-9-8-13-14(16(19)20)2-1-3-15(13)18/h1-9H,10H2,(H,19,20). The third-order valence-corrected chi connectivity index (χ3v) is 3.31. The molecule has 0 bridgehead atoms. The second-order valence-electron chi connectivity index (χ2n) is 4.61. The molecule has 1 heterocycles. The summed E-state index contributed by atoms with van der Waals surface area (Å²) in [5.74, 6) is -1.20. The number of rotatable bonds is 3. The Hall–Kier alpha value is -2.62. The summed E-state index contributed by atoms with van der Waals surface area (Å²) in [6, 6.07) is 13.3. The molecule has 1 aromatic heterocycles. The van der Waals surface area contributed by atoms with Crippen LogP contribution in [0.4, 0.5) is 4.39 Å².